The van der Waals surface area contributed by atoms with Crippen LogP contribution in [-0.2, 0) is 4.79 Å². The second-order valence-electron chi connectivity index (χ2n) is 6.42. The Hall–Kier alpha value is -3.86. The van der Waals surface area contributed by atoms with E-state index in [2.05, 4.69) is 10.6 Å². The second kappa shape index (κ2) is 9.37. The fourth-order valence-electron chi connectivity index (χ4n) is 2.71. The molecule has 0 saturated heterocycles. The molecule has 0 aliphatic carbocycles. The summed E-state index contributed by atoms with van der Waals surface area (Å²) in [4.78, 5) is 25.6. The first-order valence-electron chi connectivity index (χ1n) is 9.16. The van der Waals surface area contributed by atoms with Crippen LogP contribution in [0.25, 0.3) is 6.08 Å². The molecule has 0 saturated carbocycles. The summed E-state index contributed by atoms with van der Waals surface area (Å²) in [7, 11) is 1.59. The normalized spacial score (nSPS) is 10.9. The van der Waals surface area contributed by atoms with E-state index < -0.39 is 5.91 Å². The molecule has 29 heavy (non-hydrogen) atoms. The quantitative estimate of drug-likeness (QED) is 0.617. The molecule has 2 amide bonds. The first kappa shape index (κ1) is 19.9. The number of anilines is 1. The van der Waals surface area contributed by atoms with E-state index in [9.17, 15) is 9.59 Å². The number of methoxy groups -OCH3 is 1. The first-order chi connectivity index (χ1) is 14.1. The first-order valence-corrected chi connectivity index (χ1v) is 9.16. The lowest BCUT2D eigenvalue weighted by Crippen LogP contribution is -2.30. The molecule has 0 fully saturated rings. The third kappa shape index (κ3) is 5.32. The average Bonchev–Trinajstić information content (AvgIpc) is 2.76. The lowest BCUT2D eigenvalue weighted by Gasteiger charge is -2.13. The minimum absolute atomic E-state index is 0.146. The van der Waals surface area contributed by atoms with Gasteiger partial charge in [-0.15, -0.1) is 0 Å². The molecule has 0 atom stereocenters. The highest BCUT2D eigenvalue weighted by Gasteiger charge is 2.15. The summed E-state index contributed by atoms with van der Waals surface area (Å²) in [6, 6.07) is 23.4. The Morgan fingerprint density at radius 2 is 1.52 bits per heavy atom. The van der Waals surface area contributed by atoms with Crippen LogP contribution in [0.1, 0.15) is 21.5 Å². The van der Waals surface area contributed by atoms with Crippen LogP contribution in [-0.4, -0.2) is 18.9 Å². The number of para-hydroxylation sites is 1. The van der Waals surface area contributed by atoms with Gasteiger partial charge in [0.15, 0.2) is 0 Å². The van der Waals surface area contributed by atoms with Gasteiger partial charge in [0.1, 0.15) is 11.4 Å². The number of amides is 2. The summed E-state index contributed by atoms with van der Waals surface area (Å²) in [5.74, 6) is -0.0499. The van der Waals surface area contributed by atoms with Crippen molar-refractivity contribution in [2.24, 2.45) is 0 Å². The zero-order chi connectivity index (χ0) is 20.6. The van der Waals surface area contributed by atoms with Crippen molar-refractivity contribution in [1.29, 1.82) is 0 Å². The molecule has 3 aromatic rings. The Kier molecular flexibility index (Phi) is 6.43. The Labute approximate surface area is 170 Å². The number of benzene rings is 3. The van der Waals surface area contributed by atoms with Crippen LogP contribution in [0, 0.1) is 6.92 Å². The van der Waals surface area contributed by atoms with Crippen LogP contribution in [0.2, 0.25) is 0 Å². The van der Waals surface area contributed by atoms with Crippen LogP contribution < -0.4 is 15.4 Å². The molecular formula is C24H22N2O3. The minimum atomic E-state index is -0.403. The van der Waals surface area contributed by atoms with E-state index in [-0.39, 0.29) is 11.6 Å². The van der Waals surface area contributed by atoms with Gasteiger partial charge in [0.25, 0.3) is 11.8 Å². The molecule has 3 rings (SSSR count). The van der Waals surface area contributed by atoms with Gasteiger partial charge in [-0.1, -0.05) is 48.5 Å². The predicted molar refractivity (Wildman–Crippen MR) is 115 cm³/mol. The van der Waals surface area contributed by atoms with Crippen molar-refractivity contribution >= 4 is 23.6 Å². The van der Waals surface area contributed by atoms with Crippen molar-refractivity contribution < 1.29 is 14.3 Å². The third-order valence-corrected chi connectivity index (χ3v) is 4.35. The lowest BCUT2D eigenvalue weighted by molar-refractivity contribution is -0.113. The number of ether oxygens (including phenoxy) is 1. The van der Waals surface area contributed by atoms with Gasteiger partial charge in [-0.3, -0.25) is 9.59 Å². The predicted octanol–water partition coefficient (Wildman–Crippen LogP) is 4.41. The summed E-state index contributed by atoms with van der Waals surface area (Å²) in [6.45, 7) is 1.91. The fourth-order valence-corrected chi connectivity index (χ4v) is 2.71. The molecular weight excluding hydrogens is 364 g/mol. The van der Waals surface area contributed by atoms with Gasteiger partial charge >= 0.3 is 0 Å². The van der Waals surface area contributed by atoms with Gasteiger partial charge in [-0.25, -0.2) is 0 Å². The Morgan fingerprint density at radius 3 is 2.17 bits per heavy atom. The van der Waals surface area contributed by atoms with E-state index in [4.69, 9.17) is 4.74 Å². The molecule has 5 heteroatoms. The molecule has 0 aromatic heterocycles. The maximum Gasteiger partial charge on any atom is 0.272 e. The van der Waals surface area contributed by atoms with Crippen molar-refractivity contribution in [3.63, 3.8) is 0 Å². The number of hydrogen-bond donors (Lipinski definition) is 2. The number of hydrogen-bond acceptors (Lipinski definition) is 3. The highest BCUT2D eigenvalue weighted by atomic mass is 16.5. The molecule has 0 bridgehead atoms. The van der Waals surface area contributed by atoms with Crippen molar-refractivity contribution in [3.8, 4) is 5.75 Å². The summed E-state index contributed by atoms with van der Waals surface area (Å²) in [5.41, 5.74) is 2.99. The van der Waals surface area contributed by atoms with Crippen LogP contribution in [0.5, 0.6) is 5.75 Å². The molecule has 0 spiro atoms. The summed E-state index contributed by atoms with van der Waals surface area (Å²) < 4.78 is 5.17. The van der Waals surface area contributed by atoms with E-state index in [1.54, 1.807) is 49.6 Å². The molecule has 0 unspecified atom stereocenters. The van der Waals surface area contributed by atoms with Gasteiger partial charge in [-0.2, -0.15) is 0 Å². The van der Waals surface area contributed by atoms with Crippen molar-refractivity contribution in [2.45, 2.75) is 6.92 Å². The number of aryl methyl sites for hydroxylation is 1. The van der Waals surface area contributed by atoms with E-state index >= 15 is 0 Å². The second-order valence-corrected chi connectivity index (χ2v) is 6.42. The fraction of sp³-hybridized carbons (Fsp3) is 0.0833. The van der Waals surface area contributed by atoms with Gasteiger partial charge in [0.05, 0.1) is 7.11 Å². The smallest absolute Gasteiger partial charge is 0.272 e. The molecule has 3 aromatic carbocycles. The molecule has 2 N–H and O–H groups in total. The standard InChI is InChI=1S/C24H22N2O3/c1-17-8-6-7-11-21(17)25-24(28)22(16-18-12-14-20(29-2)15-13-18)26-23(27)19-9-4-3-5-10-19/h3-16H,1-2H3,(H,25,28)(H,26,27). The largest absolute Gasteiger partial charge is 0.497 e. The Bertz CT molecular complexity index is 1030. The molecule has 0 heterocycles. The van der Waals surface area contributed by atoms with Crippen LogP contribution in [0.4, 0.5) is 5.69 Å². The van der Waals surface area contributed by atoms with Crippen molar-refractivity contribution in [3.05, 3.63) is 101 Å². The highest BCUT2D eigenvalue weighted by molar-refractivity contribution is 6.10. The van der Waals surface area contributed by atoms with Crippen molar-refractivity contribution in [1.82, 2.24) is 5.32 Å². The Morgan fingerprint density at radius 1 is 0.862 bits per heavy atom. The Balaban J connectivity index is 1.89. The van der Waals surface area contributed by atoms with E-state index in [0.29, 0.717) is 17.0 Å². The van der Waals surface area contributed by atoms with Crippen LogP contribution in [0.3, 0.4) is 0 Å². The average molecular weight is 386 g/mol. The topological polar surface area (TPSA) is 67.4 Å². The van der Waals surface area contributed by atoms with Crippen molar-refractivity contribution in [2.75, 3.05) is 12.4 Å². The number of nitrogens with one attached hydrogen (secondary N) is 2. The van der Waals surface area contributed by atoms with Gasteiger partial charge in [0.2, 0.25) is 0 Å². The van der Waals surface area contributed by atoms with Gasteiger partial charge in [-0.05, 0) is 54.5 Å². The maximum atomic E-state index is 12.9. The summed E-state index contributed by atoms with van der Waals surface area (Å²) in [6.07, 6.45) is 1.63. The van der Waals surface area contributed by atoms with Gasteiger partial charge < -0.3 is 15.4 Å². The van der Waals surface area contributed by atoms with E-state index in [1.807, 2.05) is 49.4 Å². The zero-order valence-corrected chi connectivity index (χ0v) is 16.3. The maximum absolute atomic E-state index is 12.9. The van der Waals surface area contributed by atoms with E-state index in [0.717, 1.165) is 11.1 Å². The molecule has 0 radical (unpaired) electrons. The van der Waals surface area contributed by atoms with Crippen LogP contribution >= 0.6 is 0 Å². The highest BCUT2D eigenvalue weighted by Crippen LogP contribution is 2.17. The molecule has 5 nitrogen and oxygen atoms in total. The number of carbonyl (C=O) groups is 2. The summed E-state index contributed by atoms with van der Waals surface area (Å²) >= 11 is 0. The molecule has 0 aliphatic rings. The SMILES string of the molecule is COc1ccc(C=C(NC(=O)c2ccccc2)C(=O)Nc2ccccc2C)cc1. The number of carbonyl (C=O) groups excluding carboxylic acids is 2. The summed E-state index contributed by atoms with van der Waals surface area (Å²) in [5, 5.41) is 5.59. The zero-order valence-electron chi connectivity index (χ0n) is 16.3. The molecule has 0 aliphatic heterocycles. The lowest BCUT2D eigenvalue weighted by atomic mass is 10.1. The minimum Gasteiger partial charge on any atom is -0.497 e. The number of rotatable bonds is 6. The third-order valence-electron chi connectivity index (χ3n) is 4.35. The monoisotopic (exact) mass is 386 g/mol. The van der Waals surface area contributed by atoms with Gasteiger partial charge in [0, 0.05) is 11.3 Å². The molecule has 146 valence electrons. The van der Waals surface area contributed by atoms with Crippen LogP contribution in [0.15, 0.2) is 84.6 Å². The van der Waals surface area contributed by atoms with E-state index in [1.165, 1.54) is 0 Å².